The summed E-state index contributed by atoms with van der Waals surface area (Å²) in [6, 6.07) is 22.0. The van der Waals surface area contributed by atoms with E-state index in [1.807, 2.05) is 74.5 Å². The van der Waals surface area contributed by atoms with Crippen molar-refractivity contribution in [2.45, 2.75) is 36.3 Å². The van der Waals surface area contributed by atoms with Crippen LogP contribution in [-0.4, -0.2) is 24.7 Å². The number of nitrogens with zero attached hydrogens (tertiary/aromatic N) is 1. The van der Waals surface area contributed by atoms with Crippen LogP contribution in [0.2, 0.25) is 5.02 Å². The molecule has 4 aromatic rings. The number of fused-ring (bicyclic) bond motifs is 1. The largest absolute Gasteiger partial charge is 0.268 e. The number of aryl methyl sites for hydroxylation is 1. The predicted molar refractivity (Wildman–Crippen MR) is 147 cm³/mol. The average Bonchev–Trinajstić information content (AvgIpc) is 3.54. The molecule has 178 valence electrons. The molecule has 0 bridgehead atoms. The summed E-state index contributed by atoms with van der Waals surface area (Å²) in [4.78, 5) is 0.256. The fourth-order valence-corrected chi connectivity index (χ4v) is 6.79. The number of halogens is 2. The summed E-state index contributed by atoms with van der Waals surface area (Å²) in [5.74, 6) is 0. The van der Waals surface area contributed by atoms with Crippen molar-refractivity contribution >= 4 is 60.4 Å². The van der Waals surface area contributed by atoms with Gasteiger partial charge >= 0.3 is 0 Å². The molecule has 0 aliphatic heterocycles. The van der Waals surface area contributed by atoms with Crippen LogP contribution in [0.1, 0.15) is 29.7 Å². The van der Waals surface area contributed by atoms with E-state index >= 15 is 0 Å². The number of hydrogen-bond donors (Lipinski definition) is 1. The molecule has 0 atom stereocenters. The first-order valence-electron chi connectivity index (χ1n) is 11.0. The van der Waals surface area contributed by atoms with Crippen molar-refractivity contribution in [1.82, 2.24) is 8.69 Å². The molecule has 3 aromatic carbocycles. The molecule has 4 nitrogen and oxygen atoms in total. The van der Waals surface area contributed by atoms with Crippen molar-refractivity contribution in [2.75, 3.05) is 7.05 Å². The lowest BCUT2D eigenvalue weighted by atomic mass is 10.1. The fraction of sp³-hybridized carbons (Fsp3) is 0.231. The molecule has 0 amide bonds. The molecule has 5 rings (SSSR count). The molecular weight excluding hydrogens is 552 g/mol. The summed E-state index contributed by atoms with van der Waals surface area (Å²) in [6.45, 7) is 1.93. The van der Waals surface area contributed by atoms with E-state index in [9.17, 15) is 8.42 Å². The van der Waals surface area contributed by atoms with Crippen molar-refractivity contribution in [3.63, 3.8) is 0 Å². The van der Waals surface area contributed by atoms with Gasteiger partial charge in [-0.25, -0.2) is 12.4 Å². The Kier molecular flexibility index (Phi) is 8.10. The standard InChI is InChI=1S/C22H17BrClNO2S.C4H9NS/c1-15-9-11-19(12-10-15)28(26,27)25-18(13-16-5-2-3-8-21(16)24)14-17-6-4-7-20(23)22(17)25;1-5-6-4-2-3-4/h2-12,14H,13H2,1H3;4-5H,2-3H2,1H3. The minimum atomic E-state index is -3.78. The Hall–Kier alpha value is -1.77. The van der Waals surface area contributed by atoms with Crippen molar-refractivity contribution in [1.29, 1.82) is 0 Å². The van der Waals surface area contributed by atoms with Crippen LogP contribution < -0.4 is 4.72 Å². The normalized spacial score (nSPS) is 13.5. The zero-order valence-electron chi connectivity index (χ0n) is 19.0. The van der Waals surface area contributed by atoms with Gasteiger partial charge in [-0.2, -0.15) is 0 Å². The Morgan fingerprint density at radius 1 is 1.06 bits per heavy atom. The summed E-state index contributed by atoms with van der Waals surface area (Å²) in [6.07, 6.45) is 3.25. The topological polar surface area (TPSA) is 51.1 Å². The molecule has 1 saturated carbocycles. The minimum Gasteiger partial charge on any atom is -0.267 e. The number of aromatic nitrogens is 1. The molecule has 1 aromatic heterocycles. The Morgan fingerprint density at radius 2 is 1.76 bits per heavy atom. The van der Waals surface area contributed by atoms with Crippen molar-refractivity contribution < 1.29 is 8.42 Å². The van der Waals surface area contributed by atoms with Gasteiger partial charge in [-0.3, -0.25) is 4.72 Å². The molecule has 34 heavy (non-hydrogen) atoms. The number of nitrogens with one attached hydrogen (secondary N) is 1. The van der Waals surface area contributed by atoms with Crippen LogP contribution in [0.15, 0.2) is 82.2 Å². The van der Waals surface area contributed by atoms with Crippen LogP contribution >= 0.6 is 39.5 Å². The first kappa shape index (κ1) is 25.3. The van der Waals surface area contributed by atoms with Crippen LogP contribution in [0.25, 0.3) is 10.9 Å². The number of para-hydroxylation sites is 1. The molecule has 1 N–H and O–H groups in total. The molecule has 1 aliphatic carbocycles. The van der Waals surface area contributed by atoms with Crippen LogP contribution in [-0.2, 0) is 16.4 Å². The maximum Gasteiger partial charge on any atom is 0.268 e. The summed E-state index contributed by atoms with van der Waals surface area (Å²) in [5.41, 5.74) is 3.18. The van der Waals surface area contributed by atoms with E-state index in [0.29, 0.717) is 22.7 Å². The van der Waals surface area contributed by atoms with Crippen molar-refractivity contribution in [3.05, 3.63) is 99.1 Å². The van der Waals surface area contributed by atoms with Crippen LogP contribution in [0, 0.1) is 6.92 Å². The first-order chi connectivity index (χ1) is 16.3. The maximum absolute atomic E-state index is 13.6. The second-order valence-corrected chi connectivity index (χ2v) is 12.5. The molecule has 8 heteroatoms. The zero-order valence-corrected chi connectivity index (χ0v) is 22.9. The maximum atomic E-state index is 13.6. The molecule has 0 unspecified atom stereocenters. The number of rotatable bonds is 6. The van der Waals surface area contributed by atoms with Crippen LogP contribution in [0.5, 0.6) is 0 Å². The van der Waals surface area contributed by atoms with E-state index in [2.05, 4.69) is 20.7 Å². The third kappa shape index (κ3) is 5.71. The Balaban J connectivity index is 0.000000398. The Morgan fingerprint density at radius 3 is 2.38 bits per heavy atom. The van der Waals surface area contributed by atoms with Gasteiger partial charge in [-0.05, 0) is 78.6 Å². The molecule has 0 spiro atoms. The molecule has 1 fully saturated rings. The third-order valence-corrected chi connectivity index (χ3v) is 9.32. The van der Waals surface area contributed by atoms with Crippen LogP contribution in [0.3, 0.4) is 0 Å². The molecule has 1 heterocycles. The van der Waals surface area contributed by atoms with Crippen molar-refractivity contribution in [2.24, 2.45) is 0 Å². The lowest BCUT2D eigenvalue weighted by Gasteiger charge is -2.14. The highest BCUT2D eigenvalue weighted by Crippen LogP contribution is 2.33. The lowest BCUT2D eigenvalue weighted by molar-refractivity contribution is 0.587. The van der Waals surface area contributed by atoms with Gasteiger partial charge < -0.3 is 0 Å². The van der Waals surface area contributed by atoms with Crippen molar-refractivity contribution in [3.8, 4) is 0 Å². The highest BCUT2D eigenvalue weighted by Gasteiger charge is 2.25. The highest BCUT2D eigenvalue weighted by atomic mass is 79.9. The molecule has 0 saturated heterocycles. The summed E-state index contributed by atoms with van der Waals surface area (Å²) in [5, 5.41) is 2.42. The van der Waals surface area contributed by atoms with Gasteiger partial charge in [0, 0.05) is 32.2 Å². The smallest absolute Gasteiger partial charge is 0.267 e. The van der Waals surface area contributed by atoms with E-state index < -0.39 is 10.0 Å². The van der Waals surface area contributed by atoms with E-state index in [1.54, 1.807) is 24.3 Å². The van der Waals surface area contributed by atoms with Crippen LogP contribution in [0.4, 0.5) is 0 Å². The molecule has 0 radical (unpaired) electrons. The van der Waals surface area contributed by atoms with Gasteiger partial charge in [-0.15, -0.1) is 0 Å². The highest BCUT2D eigenvalue weighted by molar-refractivity contribution is 9.10. The van der Waals surface area contributed by atoms with Gasteiger partial charge in [0.05, 0.1) is 10.4 Å². The third-order valence-electron chi connectivity index (χ3n) is 5.50. The Bertz CT molecular complexity index is 1400. The van der Waals surface area contributed by atoms with E-state index in [1.165, 1.54) is 16.8 Å². The van der Waals surface area contributed by atoms with E-state index in [-0.39, 0.29) is 4.90 Å². The first-order valence-corrected chi connectivity index (χ1v) is 14.5. The Labute approximate surface area is 219 Å². The summed E-state index contributed by atoms with van der Waals surface area (Å²) in [7, 11) is -1.81. The predicted octanol–water partition coefficient (Wildman–Crippen LogP) is 7.21. The fourth-order valence-electron chi connectivity index (χ4n) is 3.65. The van der Waals surface area contributed by atoms with Gasteiger partial charge in [0.25, 0.3) is 10.0 Å². The second-order valence-electron chi connectivity index (χ2n) is 8.19. The molecule has 1 aliphatic rings. The monoisotopic (exact) mass is 576 g/mol. The quantitative estimate of drug-likeness (QED) is 0.246. The lowest BCUT2D eigenvalue weighted by Crippen LogP contribution is -2.16. The second kappa shape index (κ2) is 10.9. The average molecular weight is 578 g/mol. The van der Waals surface area contributed by atoms with Gasteiger partial charge in [0.2, 0.25) is 0 Å². The SMILES string of the molecule is CNSC1CC1.Cc1ccc(S(=O)(=O)n2c(Cc3ccccc3Cl)cc3cccc(Br)c32)cc1. The minimum absolute atomic E-state index is 0.256. The molecular formula is C26H26BrClN2O2S2. The van der Waals surface area contributed by atoms with E-state index in [0.717, 1.165) is 26.2 Å². The van der Waals surface area contributed by atoms with Gasteiger partial charge in [0.15, 0.2) is 0 Å². The summed E-state index contributed by atoms with van der Waals surface area (Å²) < 4.78 is 32.4. The van der Waals surface area contributed by atoms with Gasteiger partial charge in [-0.1, -0.05) is 71.6 Å². The zero-order chi connectivity index (χ0) is 24.3. The van der Waals surface area contributed by atoms with E-state index in [4.69, 9.17) is 11.6 Å². The van der Waals surface area contributed by atoms with Gasteiger partial charge in [0.1, 0.15) is 0 Å². The number of hydrogen-bond acceptors (Lipinski definition) is 4. The number of benzene rings is 3. The summed E-state index contributed by atoms with van der Waals surface area (Å²) >= 11 is 11.7.